The van der Waals surface area contributed by atoms with Crippen LogP contribution in [0.25, 0.3) is 0 Å². The topological polar surface area (TPSA) is 71.5 Å². The molecule has 6 heteroatoms. The van der Waals surface area contributed by atoms with Gasteiger partial charge in [0.1, 0.15) is 11.6 Å². The minimum atomic E-state index is -0.413. The number of rotatable bonds is 5. The van der Waals surface area contributed by atoms with E-state index in [4.69, 9.17) is 4.74 Å². The summed E-state index contributed by atoms with van der Waals surface area (Å²) in [6, 6.07) is 12.8. The molecule has 0 saturated carbocycles. The number of para-hydroxylation sites is 2. The number of carbonyl (C=O) groups is 2. The van der Waals surface area contributed by atoms with Crippen molar-refractivity contribution in [2.45, 2.75) is 20.3 Å². The van der Waals surface area contributed by atoms with Crippen molar-refractivity contribution < 1.29 is 14.3 Å². The Balaban J connectivity index is 1.73. The Labute approximate surface area is 146 Å². The highest BCUT2D eigenvalue weighted by molar-refractivity contribution is 6.03. The van der Waals surface area contributed by atoms with Crippen LogP contribution in [0.3, 0.4) is 0 Å². The van der Waals surface area contributed by atoms with Gasteiger partial charge in [0.2, 0.25) is 11.8 Å². The van der Waals surface area contributed by atoms with E-state index in [2.05, 4.69) is 10.3 Å². The lowest BCUT2D eigenvalue weighted by Gasteiger charge is -2.20. The molecule has 0 unspecified atom stereocenters. The number of amides is 2. The number of carbonyl (C=O) groups excluding carboxylic acids is 2. The first kappa shape index (κ1) is 17.0. The SMILES string of the molecule is CCOc1ccccc1N1C[C@H](C(=O)Nc2cccc(C)n2)CC1=O. The monoisotopic (exact) mass is 339 g/mol. The lowest BCUT2D eigenvalue weighted by atomic mass is 10.1. The van der Waals surface area contributed by atoms with Gasteiger partial charge in [-0.2, -0.15) is 0 Å². The Kier molecular flexibility index (Phi) is 4.97. The largest absolute Gasteiger partial charge is 0.492 e. The first-order chi connectivity index (χ1) is 12.1. The van der Waals surface area contributed by atoms with Gasteiger partial charge in [-0.25, -0.2) is 4.98 Å². The molecule has 1 atom stereocenters. The van der Waals surface area contributed by atoms with Gasteiger partial charge in [-0.1, -0.05) is 18.2 Å². The number of nitrogens with zero attached hydrogens (tertiary/aromatic N) is 2. The van der Waals surface area contributed by atoms with Gasteiger partial charge >= 0.3 is 0 Å². The van der Waals surface area contributed by atoms with Crippen LogP contribution in [0.1, 0.15) is 19.0 Å². The second-order valence-electron chi connectivity index (χ2n) is 5.96. The van der Waals surface area contributed by atoms with Gasteiger partial charge in [0, 0.05) is 18.7 Å². The molecule has 2 amide bonds. The van der Waals surface area contributed by atoms with Crippen molar-refractivity contribution in [2.75, 3.05) is 23.4 Å². The van der Waals surface area contributed by atoms with Crippen molar-refractivity contribution in [1.29, 1.82) is 0 Å². The predicted octanol–water partition coefficient (Wildman–Crippen LogP) is 2.78. The van der Waals surface area contributed by atoms with E-state index in [-0.39, 0.29) is 18.2 Å². The minimum absolute atomic E-state index is 0.0792. The zero-order chi connectivity index (χ0) is 17.8. The van der Waals surface area contributed by atoms with Crippen molar-refractivity contribution in [1.82, 2.24) is 4.98 Å². The molecule has 1 aromatic carbocycles. The number of aryl methyl sites for hydroxylation is 1. The average Bonchev–Trinajstić information content (AvgIpc) is 2.97. The molecule has 1 fully saturated rings. The van der Waals surface area contributed by atoms with Crippen LogP contribution in [0.4, 0.5) is 11.5 Å². The van der Waals surface area contributed by atoms with Gasteiger partial charge in [0.05, 0.1) is 18.2 Å². The third kappa shape index (κ3) is 3.79. The number of benzene rings is 1. The van der Waals surface area contributed by atoms with Crippen LogP contribution < -0.4 is 15.0 Å². The van der Waals surface area contributed by atoms with E-state index >= 15 is 0 Å². The van der Waals surface area contributed by atoms with E-state index in [0.29, 0.717) is 30.4 Å². The van der Waals surface area contributed by atoms with E-state index in [1.807, 2.05) is 50.2 Å². The summed E-state index contributed by atoms with van der Waals surface area (Å²) in [4.78, 5) is 30.8. The van der Waals surface area contributed by atoms with E-state index in [1.165, 1.54) is 0 Å². The molecule has 0 aliphatic carbocycles. The number of hydrogen-bond donors (Lipinski definition) is 1. The predicted molar refractivity (Wildman–Crippen MR) is 95.7 cm³/mol. The van der Waals surface area contributed by atoms with Crippen LogP contribution in [0.2, 0.25) is 0 Å². The second kappa shape index (κ2) is 7.34. The number of aromatic nitrogens is 1. The van der Waals surface area contributed by atoms with E-state index in [0.717, 1.165) is 5.69 Å². The minimum Gasteiger partial charge on any atom is -0.492 e. The molecular weight excluding hydrogens is 318 g/mol. The summed E-state index contributed by atoms with van der Waals surface area (Å²) in [5.74, 6) is 0.474. The summed E-state index contributed by atoms with van der Waals surface area (Å²) >= 11 is 0. The molecule has 2 heterocycles. The zero-order valence-corrected chi connectivity index (χ0v) is 14.4. The van der Waals surface area contributed by atoms with Gasteiger partial charge in [-0.05, 0) is 38.1 Å². The maximum atomic E-state index is 12.5. The quantitative estimate of drug-likeness (QED) is 0.909. The molecule has 1 aromatic heterocycles. The summed E-state index contributed by atoms with van der Waals surface area (Å²) in [5, 5.41) is 2.80. The van der Waals surface area contributed by atoms with Crippen molar-refractivity contribution in [3.8, 4) is 5.75 Å². The number of ether oxygens (including phenoxy) is 1. The molecule has 130 valence electrons. The Morgan fingerprint density at radius 1 is 1.28 bits per heavy atom. The molecule has 3 rings (SSSR count). The molecule has 0 radical (unpaired) electrons. The summed E-state index contributed by atoms with van der Waals surface area (Å²) in [6.07, 6.45) is 0.179. The van der Waals surface area contributed by atoms with Crippen LogP contribution in [-0.2, 0) is 9.59 Å². The van der Waals surface area contributed by atoms with Crippen molar-refractivity contribution in [3.05, 3.63) is 48.2 Å². The summed E-state index contributed by atoms with van der Waals surface area (Å²) < 4.78 is 5.60. The maximum Gasteiger partial charge on any atom is 0.230 e. The van der Waals surface area contributed by atoms with Gasteiger partial charge in [0.15, 0.2) is 0 Å². The third-order valence-corrected chi connectivity index (χ3v) is 4.09. The first-order valence-corrected chi connectivity index (χ1v) is 8.35. The smallest absolute Gasteiger partial charge is 0.230 e. The number of anilines is 2. The Bertz CT molecular complexity index is 791. The first-order valence-electron chi connectivity index (χ1n) is 8.35. The number of hydrogen-bond acceptors (Lipinski definition) is 4. The fourth-order valence-corrected chi connectivity index (χ4v) is 2.91. The highest BCUT2D eigenvalue weighted by atomic mass is 16.5. The van der Waals surface area contributed by atoms with Crippen molar-refractivity contribution >= 4 is 23.3 Å². The lowest BCUT2D eigenvalue weighted by molar-refractivity contribution is -0.122. The molecule has 0 spiro atoms. The van der Waals surface area contributed by atoms with Crippen LogP contribution in [0.15, 0.2) is 42.5 Å². The Morgan fingerprint density at radius 3 is 2.84 bits per heavy atom. The number of pyridine rings is 1. The highest BCUT2D eigenvalue weighted by Gasteiger charge is 2.36. The molecule has 25 heavy (non-hydrogen) atoms. The molecule has 2 aromatic rings. The van der Waals surface area contributed by atoms with E-state index in [9.17, 15) is 9.59 Å². The molecule has 1 saturated heterocycles. The van der Waals surface area contributed by atoms with Gasteiger partial charge in [-0.15, -0.1) is 0 Å². The molecule has 0 bridgehead atoms. The van der Waals surface area contributed by atoms with E-state index in [1.54, 1.807) is 11.0 Å². The van der Waals surface area contributed by atoms with Crippen molar-refractivity contribution in [2.24, 2.45) is 5.92 Å². The van der Waals surface area contributed by atoms with Gasteiger partial charge in [0.25, 0.3) is 0 Å². The molecular formula is C19H21N3O3. The summed E-state index contributed by atoms with van der Waals surface area (Å²) in [7, 11) is 0. The molecule has 1 N–H and O–H groups in total. The number of nitrogens with one attached hydrogen (secondary N) is 1. The van der Waals surface area contributed by atoms with Crippen LogP contribution in [-0.4, -0.2) is 29.9 Å². The van der Waals surface area contributed by atoms with Crippen LogP contribution in [0.5, 0.6) is 5.75 Å². The van der Waals surface area contributed by atoms with Crippen molar-refractivity contribution in [3.63, 3.8) is 0 Å². The molecule has 1 aliphatic heterocycles. The van der Waals surface area contributed by atoms with Gasteiger partial charge in [-0.3, -0.25) is 9.59 Å². The highest BCUT2D eigenvalue weighted by Crippen LogP contribution is 2.33. The fourth-order valence-electron chi connectivity index (χ4n) is 2.91. The van der Waals surface area contributed by atoms with E-state index < -0.39 is 5.92 Å². The zero-order valence-electron chi connectivity index (χ0n) is 14.4. The van der Waals surface area contributed by atoms with Gasteiger partial charge < -0.3 is 15.0 Å². The Morgan fingerprint density at radius 2 is 2.08 bits per heavy atom. The molecule has 6 nitrogen and oxygen atoms in total. The fraction of sp³-hybridized carbons (Fsp3) is 0.316. The second-order valence-corrected chi connectivity index (χ2v) is 5.96. The normalized spacial score (nSPS) is 16.8. The summed E-state index contributed by atoms with van der Waals surface area (Å²) in [6.45, 7) is 4.61. The van der Waals surface area contributed by atoms with Crippen LogP contribution >= 0.6 is 0 Å². The lowest BCUT2D eigenvalue weighted by Crippen LogP contribution is -2.28. The summed E-state index contributed by atoms with van der Waals surface area (Å²) in [5.41, 5.74) is 1.53. The Hall–Kier alpha value is -2.89. The average molecular weight is 339 g/mol. The molecule has 1 aliphatic rings. The maximum absolute atomic E-state index is 12.5. The third-order valence-electron chi connectivity index (χ3n) is 4.09. The standard InChI is InChI=1S/C19H21N3O3/c1-3-25-16-9-5-4-8-15(16)22-12-14(11-18(22)23)19(24)21-17-10-6-7-13(2)20-17/h4-10,14H,3,11-12H2,1-2H3,(H,20,21,24)/t14-/m1/s1. The van der Waals surface area contributed by atoms with Crippen LogP contribution in [0, 0.1) is 12.8 Å².